The number of carbonyl (C=O) groups is 2. The molecule has 2 aromatic carbocycles. The molecule has 1 atom stereocenters. The number of aryl methyl sites for hydroxylation is 1. The molecule has 0 radical (unpaired) electrons. The molecule has 2 heterocycles. The van der Waals surface area contributed by atoms with Gasteiger partial charge in [0.05, 0.1) is 38.0 Å². The smallest absolute Gasteiger partial charge is 0.295 e. The largest absolute Gasteiger partial charge is 0.507 e. The van der Waals surface area contributed by atoms with E-state index in [9.17, 15) is 14.7 Å². The maximum absolute atomic E-state index is 13.4. The Kier molecular flexibility index (Phi) is 9.64. The van der Waals surface area contributed by atoms with Crippen molar-refractivity contribution in [2.75, 3.05) is 52.6 Å². The molecule has 0 bridgehead atoms. The normalized spacial score (nSPS) is 19.6. The van der Waals surface area contributed by atoms with Crippen LogP contribution in [0, 0.1) is 12.8 Å². The third-order valence-electron chi connectivity index (χ3n) is 7.06. The van der Waals surface area contributed by atoms with Crippen molar-refractivity contribution < 1.29 is 28.9 Å². The molecule has 210 valence electrons. The number of benzene rings is 2. The third-order valence-corrected chi connectivity index (χ3v) is 7.06. The topological polar surface area (TPSA) is 88.5 Å². The van der Waals surface area contributed by atoms with Gasteiger partial charge in [0, 0.05) is 31.7 Å². The lowest BCUT2D eigenvalue weighted by molar-refractivity contribution is -0.140. The average molecular weight is 537 g/mol. The highest BCUT2D eigenvalue weighted by molar-refractivity contribution is 6.46. The molecule has 0 spiro atoms. The van der Waals surface area contributed by atoms with Gasteiger partial charge in [0.2, 0.25) is 0 Å². The van der Waals surface area contributed by atoms with Crippen LogP contribution < -0.4 is 9.47 Å². The van der Waals surface area contributed by atoms with Gasteiger partial charge in [-0.05, 0) is 67.6 Å². The van der Waals surface area contributed by atoms with Crippen molar-refractivity contribution in [2.45, 2.75) is 40.2 Å². The van der Waals surface area contributed by atoms with Crippen LogP contribution in [-0.2, 0) is 14.3 Å². The first kappa shape index (κ1) is 28.6. The predicted molar refractivity (Wildman–Crippen MR) is 150 cm³/mol. The van der Waals surface area contributed by atoms with Gasteiger partial charge in [-0.2, -0.15) is 0 Å². The molecule has 8 heteroatoms. The number of rotatable bonds is 11. The maximum Gasteiger partial charge on any atom is 0.295 e. The Balaban J connectivity index is 1.66. The molecule has 2 saturated heterocycles. The quantitative estimate of drug-likeness (QED) is 0.256. The number of Topliss-reactive ketones (excluding diaryl/α,β-unsaturated/α-hetero) is 1. The van der Waals surface area contributed by atoms with Crippen molar-refractivity contribution in [1.29, 1.82) is 0 Å². The zero-order valence-electron chi connectivity index (χ0n) is 23.4. The Hall–Kier alpha value is -3.36. The van der Waals surface area contributed by atoms with Crippen LogP contribution in [0.4, 0.5) is 0 Å². The number of hydrogen-bond acceptors (Lipinski definition) is 7. The van der Waals surface area contributed by atoms with Crippen molar-refractivity contribution >= 4 is 17.4 Å². The number of hydrogen-bond donors (Lipinski definition) is 1. The summed E-state index contributed by atoms with van der Waals surface area (Å²) in [5.41, 5.74) is 2.13. The van der Waals surface area contributed by atoms with E-state index in [1.165, 1.54) is 0 Å². The standard InChI is InChI=1S/C31H40N2O6/c1-5-38-24-9-7-23(8-10-24)28-27(29(34)26-12-11-25(19-22(26)4)39-20-21(2)3)30(35)31(36)33(28)14-6-13-32-15-17-37-18-16-32/h7-12,19,21,28,34H,5-6,13-18,20H2,1-4H3/b29-27+/t28-/m1/s1. The molecule has 0 saturated carbocycles. The number of ether oxygens (including phenoxy) is 3. The number of morpholine rings is 1. The minimum atomic E-state index is -0.693. The van der Waals surface area contributed by atoms with Crippen LogP contribution in [0.5, 0.6) is 11.5 Å². The highest BCUT2D eigenvalue weighted by Gasteiger charge is 2.46. The second-order valence-electron chi connectivity index (χ2n) is 10.5. The van der Waals surface area contributed by atoms with Crippen LogP contribution in [-0.4, -0.2) is 79.2 Å². The van der Waals surface area contributed by atoms with Gasteiger partial charge in [-0.3, -0.25) is 14.5 Å². The van der Waals surface area contributed by atoms with Crippen LogP contribution >= 0.6 is 0 Å². The summed E-state index contributed by atoms with van der Waals surface area (Å²) in [4.78, 5) is 30.6. The average Bonchev–Trinajstić information content (AvgIpc) is 3.18. The summed E-state index contributed by atoms with van der Waals surface area (Å²) >= 11 is 0. The molecule has 39 heavy (non-hydrogen) atoms. The Bertz CT molecular complexity index is 1180. The van der Waals surface area contributed by atoms with Crippen LogP contribution in [0.25, 0.3) is 5.76 Å². The number of aliphatic hydroxyl groups excluding tert-OH is 1. The highest BCUT2D eigenvalue weighted by Crippen LogP contribution is 2.40. The number of carbonyl (C=O) groups excluding carboxylic acids is 2. The lowest BCUT2D eigenvalue weighted by atomic mass is 9.93. The summed E-state index contributed by atoms with van der Waals surface area (Å²) in [6, 6.07) is 12.1. The van der Waals surface area contributed by atoms with Gasteiger partial charge in [-0.25, -0.2) is 0 Å². The van der Waals surface area contributed by atoms with Gasteiger partial charge in [-0.15, -0.1) is 0 Å². The van der Waals surface area contributed by atoms with Crippen molar-refractivity contribution in [2.24, 2.45) is 5.92 Å². The number of aliphatic hydroxyl groups is 1. The molecule has 0 aliphatic carbocycles. The molecular weight excluding hydrogens is 496 g/mol. The maximum atomic E-state index is 13.4. The van der Waals surface area contributed by atoms with E-state index in [-0.39, 0.29) is 11.3 Å². The summed E-state index contributed by atoms with van der Waals surface area (Å²) in [5, 5.41) is 11.5. The van der Waals surface area contributed by atoms with Crippen molar-refractivity contribution in [3.8, 4) is 11.5 Å². The minimum Gasteiger partial charge on any atom is -0.507 e. The first-order valence-corrected chi connectivity index (χ1v) is 13.8. The number of ketones is 1. The summed E-state index contributed by atoms with van der Waals surface area (Å²) < 4.78 is 16.9. The van der Waals surface area contributed by atoms with Crippen molar-refractivity contribution in [3.05, 3.63) is 64.7 Å². The van der Waals surface area contributed by atoms with Gasteiger partial charge in [0.25, 0.3) is 11.7 Å². The molecule has 8 nitrogen and oxygen atoms in total. The molecular formula is C31H40N2O6. The van der Waals surface area contributed by atoms with Crippen molar-refractivity contribution in [1.82, 2.24) is 9.80 Å². The molecule has 0 unspecified atom stereocenters. The van der Waals surface area contributed by atoms with E-state index in [0.29, 0.717) is 62.4 Å². The van der Waals surface area contributed by atoms with Crippen LogP contribution in [0.1, 0.15) is 49.9 Å². The molecule has 2 aromatic rings. The lowest BCUT2D eigenvalue weighted by Gasteiger charge is -2.29. The van der Waals surface area contributed by atoms with E-state index in [1.807, 2.05) is 44.2 Å². The van der Waals surface area contributed by atoms with Gasteiger partial charge in [0.1, 0.15) is 17.3 Å². The van der Waals surface area contributed by atoms with Gasteiger partial charge in [0.15, 0.2) is 0 Å². The zero-order valence-corrected chi connectivity index (χ0v) is 23.4. The van der Waals surface area contributed by atoms with Crippen LogP contribution in [0.2, 0.25) is 0 Å². The summed E-state index contributed by atoms with van der Waals surface area (Å²) in [7, 11) is 0. The zero-order chi connectivity index (χ0) is 27.9. The first-order valence-electron chi connectivity index (χ1n) is 13.8. The van der Waals surface area contributed by atoms with Crippen LogP contribution in [0.3, 0.4) is 0 Å². The third kappa shape index (κ3) is 6.81. The molecule has 2 aliphatic heterocycles. The molecule has 1 amide bonds. The molecule has 2 fully saturated rings. The summed E-state index contributed by atoms with van der Waals surface area (Å²) in [5.74, 6) is 0.356. The second-order valence-corrected chi connectivity index (χ2v) is 10.5. The monoisotopic (exact) mass is 536 g/mol. The van der Waals surface area contributed by atoms with E-state index in [0.717, 1.165) is 30.8 Å². The molecule has 0 aromatic heterocycles. The van der Waals surface area contributed by atoms with Crippen molar-refractivity contribution in [3.63, 3.8) is 0 Å². The Labute approximate surface area is 231 Å². The Morgan fingerprint density at radius 3 is 2.36 bits per heavy atom. The van der Waals surface area contributed by atoms with Crippen LogP contribution in [0.15, 0.2) is 48.0 Å². The summed E-state index contributed by atoms with van der Waals surface area (Å²) in [6.45, 7) is 13.4. The molecule has 2 aliphatic rings. The van der Waals surface area contributed by atoms with Gasteiger partial charge in [-0.1, -0.05) is 26.0 Å². The fourth-order valence-corrected chi connectivity index (χ4v) is 5.06. The summed E-state index contributed by atoms with van der Waals surface area (Å²) in [6.07, 6.45) is 0.710. The number of amides is 1. The minimum absolute atomic E-state index is 0.106. The Morgan fingerprint density at radius 1 is 1.03 bits per heavy atom. The lowest BCUT2D eigenvalue weighted by Crippen LogP contribution is -2.38. The fourth-order valence-electron chi connectivity index (χ4n) is 5.06. The first-order chi connectivity index (χ1) is 18.8. The van der Waals surface area contributed by atoms with E-state index in [2.05, 4.69) is 18.7 Å². The van der Waals surface area contributed by atoms with Gasteiger partial charge < -0.3 is 24.2 Å². The molecule has 4 rings (SSSR count). The Morgan fingerprint density at radius 2 is 1.72 bits per heavy atom. The highest BCUT2D eigenvalue weighted by atomic mass is 16.5. The fraction of sp³-hybridized carbons (Fsp3) is 0.484. The van der Waals surface area contributed by atoms with E-state index >= 15 is 0 Å². The van der Waals surface area contributed by atoms with E-state index < -0.39 is 17.7 Å². The number of nitrogens with zero attached hydrogens (tertiary/aromatic N) is 2. The van der Waals surface area contributed by atoms with E-state index in [1.54, 1.807) is 17.0 Å². The second kappa shape index (κ2) is 13.1. The SMILES string of the molecule is CCOc1ccc([C@@H]2/C(=C(\O)c3ccc(OCC(C)C)cc3C)C(=O)C(=O)N2CCCN2CCOCC2)cc1. The molecule has 1 N–H and O–H groups in total. The van der Waals surface area contributed by atoms with E-state index in [4.69, 9.17) is 14.2 Å². The van der Waals surface area contributed by atoms with Gasteiger partial charge >= 0.3 is 0 Å². The predicted octanol–water partition coefficient (Wildman–Crippen LogP) is 4.57. The number of likely N-dealkylation sites (tertiary alicyclic amines) is 1.